The van der Waals surface area contributed by atoms with Gasteiger partial charge in [0, 0.05) is 26.7 Å². The zero-order valence-corrected chi connectivity index (χ0v) is 12.7. The molecule has 0 bridgehead atoms. The zero-order valence-electron chi connectivity index (χ0n) is 12.7. The van der Waals surface area contributed by atoms with Crippen LogP contribution in [0.3, 0.4) is 0 Å². The average molecular weight is 280 g/mol. The number of nitrogens with zero attached hydrogens (tertiary/aromatic N) is 4. The van der Waals surface area contributed by atoms with Gasteiger partial charge in [-0.25, -0.2) is 0 Å². The van der Waals surface area contributed by atoms with Crippen LogP contribution < -0.4 is 15.5 Å². The number of nitrogens with one attached hydrogen (secondary N) is 2. The summed E-state index contributed by atoms with van der Waals surface area (Å²) in [5, 5.41) is 6.34. The third kappa shape index (κ3) is 3.27. The highest BCUT2D eigenvalue weighted by Gasteiger charge is 2.25. The Labute approximate surface area is 120 Å². The van der Waals surface area contributed by atoms with E-state index in [-0.39, 0.29) is 12.1 Å². The van der Waals surface area contributed by atoms with E-state index in [9.17, 15) is 0 Å². The van der Waals surface area contributed by atoms with Gasteiger partial charge in [-0.1, -0.05) is 0 Å². The molecule has 1 aliphatic heterocycles. The smallest absolute Gasteiger partial charge is 0.231 e. The molecule has 0 aromatic carbocycles. The van der Waals surface area contributed by atoms with E-state index < -0.39 is 0 Å². The molecule has 2 heterocycles. The molecule has 1 aromatic heterocycles. The van der Waals surface area contributed by atoms with Crippen LogP contribution in [-0.4, -0.2) is 53.8 Å². The molecule has 0 saturated carbocycles. The van der Waals surface area contributed by atoms with Crippen LogP contribution in [0.15, 0.2) is 0 Å². The molecule has 2 atom stereocenters. The molecule has 1 aliphatic rings. The first kappa shape index (κ1) is 14.8. The summed E-state index contributed by atoms with van der Waals surface area (Å²) >= 11 is 0. The van der Waals surface area contributed by atoms with Gasteiger partial charge >= 0.3 is 0 Å². The first-order chi connectivity index (χ1) is 9.67. The largest absolute Gasteiger partial charge is 0.376 e. The van der Waals surface area contributed by atoms with E-state index in [4.69, 9.17) is 4.74 Å². The normalized spacial score (nSPS) is 21.8. The summed E-state index contributed by atoms with van der Waals surface area (Å²) in [6.45, 7) is 8.76. The van der Waals surface area contributed by atoms with Crippen LogP contribution in [0, 0.1) is 0 Å². The molecule has 0 radical (unpaired) electrons. The highest BCUT2D eigenvalue weighted by Crippen LogP contribution is 2.19. The minimum absolute atomic E-state index is 0.182. The lowest BCUT2D eigenvalue weighted by atomic mass is 10.2. The standard InChI is InChI=1S/C13H24N6O/c1-5-19(6-2)13-17-11(14-4)16-12(18-13)15-10-7-8-20-9(10)3/h9-10H,5-8H2,1-4H3,(H2,14,15,16,17,18). The molecule has 2 N–H and O–H groups in total. The molecule has 7 nitrogen and oxygen atoms in total. The first-order valence-electron chi connectivity index (χ1n) is 7.24. The SMILES string of the molecule is CCN(CC)c1nc(NC)nc(NC2CCOC2C)n1. The van der Waals surface area contributed by atoms with Gasteiger partial charge in [-0.05, 0) is 27.2 Å². The maximum absolute atomic E-state index is 5.55. The van der Waals surface area contributed by atoms with E-state index in [1.165, 1.54) is 0 Å². The number of hydrogen-bond acceptors (Lipinski definition) is 7. The fourth-order valence-electron chi connectivity index (χ4n) is 2.28. The van der Waals surface area contributed by atoms with Crippen molar-refractivity contribution in [3.63, 3.8) is 0 Å². The maximum atomic E-state index is 5.55. The Hall–Kier alpha value is -1.63. The Bertz CT molecular complexity index is 437. The van der Waals surface area contributed by atoms with Crippen molar-refractivity contribution in [1.82, 2.24) is 15.0 Å². The molecule has 112 valence electrons. The monoisotopic (exact) mass is 280 g/mol. The Balaban J connectivity index is 2.21. The minimum atomic E-state index is 0.182. The van der Waals surface area contributed by atoms with Crippen molar-refractivity contribution in [2.24, 2.45) is 0 Å². The number of ether oxygens (including phenoxy) is 1. The fourth-order valence-corrected chi connectivity index (χ4v) is 2.28. The quantitative estimate of drug-likeness (QED) is 0.814. The van der Waals surface area contributed by atoms with Crippen molar-refractivity contribution in [1.29, 1.82) is 0 Å². The molecule has 7 heteroatoms. The highest BCUT2D eigenvalue weighted by molar-refractivity contribution is 5.44. The number of rotatable bonds is 6. The second-order valence-electron chi connectivity index (χ2n) is 4.82. The topological polar surface area (TPSA) is 75.2 Å². The van der Waals surface area contributed by atoms with E-state index in [1.807, 2.05) is 7.05 Å². The summed E-state index contributed by atoms with van der Waals surface area (Å²) in [7, 11) is 1.81. The van der Waals surface area contributed by atoms with Gasteiger partial charge in [0.05, 0.1) is 12.1 Å². The molecule has 0 aliphatic carbocycles. The predicted octanol–water partition coefficient (Wildman–Crippen LogP) is 1.35. The molecular weight excluding hydrogens is 256 g/mol. The van der Waals surface area contributed by atoms with Crippen LogP contribution >= 0.6 is 0 Å². The summed E-state index contributed by atoms with van der Waals surface area (Å²) < 4.78 is 5.55. The van der Waals surface area contributed by atoms with Crippen LogP contribution in [0.2, 0.25) is 0 Å². The molecule has 20 heavy (non-hydrogen) atoms. The molecule has 2 unspecified atom stereocenters. The summed E-state index contributed by atoms with van der Waals surface area (Å²) in [4.78, 5) is 15.4. The number of aromatic nitrogens is 3. The van der Waals surface area contributed by atoms with Crippen LogP contribution in [0.5, 0.6) is 0 Å². The van der Waals surface area contributed by atoms with Gasteiger partial charge in [-0.3, -0.25) is 0 Å². The third-order valence-corrected chi connectivity index (χ3v) is 3.58. The van der Waals surface area contributed by atoms with Gasteiger partial charge in [-0.15, -0.1) is 0 Å². The fraction of sp³-hybridized carbons (Fsp3) is 0.769. The Morgan fingerprint density at radius 2 is 1.90 bits per heavy atom. The molecule has 1 fully saturated rings. The van der Waals surface area contributed by atoms with Crippen molar-refractivity contribution in [3.05, 3.63) is 0 Å². The van der Waals surface area contributed by atoms with Gasteiger partial charge in [0.1, 0.15) is 0 Å². The van der Waals surface area contributed by atoms with Gasteiger partial charge in [0.25, 0.3) is 0 Å². The molecule has 0 spiro atoms. The summed E-state index contributed by atoms with van der Waals surface area (Å²) in [5.41, 5.74) is 0. The van der Waals surface area contributed by atoms with Crippen molar-refractivity contribution >= 4 is 17.8 Å². The second-order valence-corrected chi connectivity index (χ2v) is 4.82. The van der Waals surface area contributed by atoms with Crippen molar-refractivity contribution in [2.75, 3.05) is 42.3 Å². The molecular formula is C13H24N6O. The van der Waals surface area contributed by atoms with E-state index in [0.717, 1.165) is 26.1 Å². The van der Waals surface area contributed by atoms with E-state index in [0.29, 0.717) is 17.8 Å². The first-order valence-corrected chi connectivity index (χ1v) is 7.24. The lowest BCUT2D eigenvalue weighted by Crippen LogP contribution is -2.29. The third-order valence-electron chi connectivity index (χ3n) is 3.58. The molecule has 2 rings (SSSR count). The van der Waals surface area contributed by atoms with Crippen molar-refractivity contribution in [3.8, 4) is 0 Å². The highest BCUT2D eigenvalue weighted by atomic mass is 16.5. The van der Waals surface area contributed by atoms with E-state index >= 15 is 0 Å². The summed E-state index contributed by atoms with van der Waals surface area (Å²) in [5.74, 6) is 1.88. The average Bonchev–Trinajstić information content (AvgIpc) is 2.85. The van der Waals surface area contributed by atoms with E-state index in [1.54, 1.807) is 0 Å². The molecule has 1 aromatic rings. The van der Waals surface area contributed by atoms with Crippen LogP contribution in [-0.2, 0) is 4.74 Å². The number of anilines is 3. The van der Waals surface area contributed by atoms with Crippen molar-refractivity contribution in [2.45, 2.75) is 39.3 Å². The Kier molecular flexibility index (Phi) is 4.94. The van der Waals surface area contributed by atoms with Crippen molar-refractivity contribution < 1.29 is 4.74 Å². The van der Waals surface area contributed by atoms with Gasteiger partial charge in [0.15, 0.2) is 0 Å². The molecule has 0 amide bonds. The maximum Gasteiger partial charge on any atom is 0.231 e. The summed E-state index contributed by atoms with van der Waals surface area (Å²) in [6.07, 6.45) is 1.16. The zero-order chi connectivity index (χ0) is 14.5. The van der Waals surface area contributed by atoms with Gasteiger partial charge < -0.3 is 20.3 Å². The lowest BCUT2D eigenvalue weighted by Gasteiger charge is -2.21. The molecule has 1 saturated heterocycles. The van der Waals surface area contributed by atoms with Crippen LogP contribution in [0.1, 0.15) is 27.2 Å². The predicted molar refractivity (Wildman–Crippen MR) is 80.4 cm³/mol. The van der Waals surface area contributed by atoms with Crippen LogP contribution in [0.4, 0.5) is 17.8 Å². The van der Waals surface area contributed by atoms with Gasteiger partial charge in [-0.2, -0.15) is 15.0 Å². The second kappa shape index (κ2) is 6.69. The lowest BCUT2D eigenvalue weighted by molar-refractivity contribution is 0.121. The number of hydrogen-bond donors (Lipinski definition) is 2. The van der Waals surface area contributed by atoms with E-state index in [2.05, 4.69) is 51.3 Å². The van der Waals surface area contributed by atoms with Crippen LogP contribution in [0.25, 0.3) is 0 Å². The Morgan fingerprint density at radius 3 is 2.45 bits per heavy atom. The summed E-state index contributed by atoms with van der Waals surface area (Å²) in [6, 6.07) is 0.256. The van der Waals surface area contributed by atoms with Gasteiger partial charge in [0.2, 0.25) is 17.8 Å². The minimum Gasteiger partial charge on any atom is -0.376 e. The Morgan fingerprint density at radius 1 is 1.20 bits per heavy atom.